The van der Waals surface area contributed by atoms with Gasteiger partial charge in [0.1, 0.15) is 5.82 Å². The zero-order valence-corrected chi connectivity index (χ0v) is 12.6. The van der Waals surface area contributed by atoms with Crippen LogP contribution in [0.15, 0.2) is 12.4 Å². The molecule has 1 N–H and O–H groups in total. The average molecular weight is 265 g/mol. The lowest BCUT2D eigenvalue weighted by molar-refractivity contribution is -0.0393. The van der Waals surface area contributed by atoms with E-state index in [1.54, 1.807) is 6.20 Å². The molecule has 1 unspecified atom stereocenters. The van der Waals surface area contributed by atoms with Crippen molar-refractivity contribution in [2.45, 2.75) is 50.7 Å². The number of aromatic nitrogens is 2. The molecule has 0 aliphatic heterocycles. The van der Waals surface area contributed by atoms with Crippen molar-refractivity contribution in [3.63, 3.8) is 0 Å². The predicted molar refractivity (Wildman–Crippen MR) is 77.0 cm³/mol. The van der Waals surface area contributed by atoms with Crippen LogP contribution in [-0.4, -0.2) is 45.3 Å². The standard InChI is InChI=1S/C15H27N3O/c1-12-5-7-15(8-6-12,17(2)3)13(19)11-14-16-9-10-18(14)4/h9-10,12-13,19H,5-8,11H2,1-4H3. The fourth-order valence-corrected chi connectivity index (χ4v) is 3.30. The number of nitrogens with zero attached hydrogens (tertiary/aromatic N) is 3. The fraction of sp³-hybridized carbons (Fsp3) is 0.800. The highest BCUT2D eigenvalue weighted by molar-refractivity contribution is 5.03. The summed E-state index contributed by atoms with van der Waals surface area (Å²) >= 11 is 0. The minimum absolute atomic E-state index is 0.0849. The van der Waals surface area contributed by atoms with Crippen molar-refractivity contribution in [1.82, 2.24) is 14.5 Å². The molecule has 0 amide bonds. The molecule has 1 aromatic heterocycles. The zero-order valence-electron chi connectivity index (χ0n) is 12.6. The highest BCUT2D eigenvalue weighted by Crippen LogP contribution is 2.38. The quantitative estimate of drug-likeness (QED) is 0.903. The molecule has 1 saturated carbocycles. The summed E-state index contributed by atoms with van der Waals surface area (Å²) in [6, 6.07) is 0. The van der Waals surface area contributed by atoms with Gasteiger partial charge in [0.05, 0.1) is 6.10 Å². The first-order valence-corrected chi connectivity index (χ1v) is 7.27. The van der Waals surface area contributed by atoms with Crippen molar-refractivity contribution < 1.29 is 5.11 Å². The third-order valence-electron chi connectivity index (χ3n) is 4.95. The number of hydrogen-bond donors (Lipinski definition) is 1. The van der Waals surface area contributed by atoms with Gasteiger partial charge >= 0.3 is 0 Å². The van der Waals surface area contributed by atoms with Crippen molar-refractivity contribution in [3.8, 4) is 0 Å². The molecular weight excluding hydrogens is 238 g/mol. The number of imidazole rings is 1. The molecule has 0 bridgehead atoms. The summed E-state index contributed by atoms with van der Waals surface area (Å²) in [5, 5.41) is 10.8. The number of likely N-dealkylation sites (N-methyl/N-ethyl adjacent to an activating group) is 1. The van der Waals surface area contributed by atoms with Gasteiger partial charge in [0.15, 0.2) is 0 Å². The summed E-state index contributed by atoms with van der Waals surface area (Å²) in [6.45, 7) is 2.31. The second kappa shape index (κ2) is 5.63. The Morgan fingerprint density at radius 1 is 1.47 bits per heavy atom. The van der Waals surface area contributed by atoms with E-state index in [1.807, 2.05) is 17.8 Å². The van der Waals surface area contributed by atoms with E-state index in [1.165, 1.54) is 12.8 Å². The van der Waals surface area contributed by atoms with E-state index in [0.29, 0.717) is 6.42 Å². The van der Waals surface area contributed by atoms with Gasteiger partial charge in [-0.05, 0) is 45.7 Å². The van der Waals surface area contributed by atoms with Crippen molar-refractivity contribution in [2.75, 3.05) is 14.1 Å². The maximum Gasteiger partial charge on any atom is 0.111 e. The Morgan fingerprint density at radius 3 is 2.58 bits per heavy atom. The van der Waals surface area contributed by atoms with Crippen LogP contribution in [0.2, 0.25) is 0 Å². The van der Waals surface area contributed by atoms with Crippen LogP contribution in [0.4, 0.5) is 0 Å². The minimum atomic E-state index is -0.351. The molecule has 108 valence electrons. The average Bonchev–Trinajstić information content (AvgIpc) is 2.76. The molecule has 0 radical (unpaired) electrons. The number of rotatable bonds is 4. The lowest BCUT2D eigenvalue weighted by Crippen LogP contribution is -2.56. The minimum Gasteiger partial charge on any atom is -0.391 e. The summed E-state index contributed by atoms with van der Waals surface area (Å²) < 4.78 is 2.00. The van der Waals surface area contributed by atoms with Crippen LogP contribution in [0.3, 0.4) is 0 Å². The zero-order chi connectivity index (χ0) is 14.0. The third kappa shape index (κ3) is 2.84. The summed E-state index contributed by atoms with van der Waals surface area (Å²) in [5.74, 6) is 1.75. The smallest absolute Gasteiger partial charge is 0.111 e. The van der Waals surface area contributed by atoms with Crippen molar-refractivity contribution >= 4 is 0 Å². The highest BCUT2D eigenvalue weighted by Gasteiger charge is 2.42. The maximum absolute atomic E-state index is 10.8. The second-order valence-corrected chi connectivity index (χ2v) is 6.35. The first-order valence-electron chi connectivity index (χ1n) is 7.27. The van der Waals surface area contributed by atoms with E-state index >= 15 is 0 Å². The molecule has 1 atom stereocenters. The Labute approximate surface area is 116 Å². The molecule has 4 heteroatoms. The van der Waals surface area contributed by atoms with Gasteiger partial charge in [-0.2, -0.15) is 0 Å². The molecule has 1 aliphatic rings. The van der Waals surface area contributed by atoms with E-state index in [0.717, 1.165) is 24.6 Å². The van der Waals surface area contributed by atoms with E-state index in [9.17, 15) is 5.11 Å². The number of aliphatic hydroxyl groups excluding tert-OH is 1. The Morgan fingerprint density at radius 2 is 2.11 bits per heavy atom. The maximum atomic E-state index is 10.8. The molecule has 1 heterocycles. The molecule has 2 rings (SSSR count). The van der Waals surface area contributed by atoms with Crippen LogP contribution in [0.1, 0.15) is 38.4 Å². The molecular formula is C15H27N3O. The van der Waals surface area contributed by atoms with E-state index in [-0.39, 0.29) is 11.6 Å². The third-order valence-corrected chi connectivity index (χ3v) is 4.95. The fourth-order valence-electron chi connectivity index (χ4n) is 3.30. The molecule has 19 heavy (non-hydrogen) atoms. The van der Waals surface area contributed by atoms with Crippen LogP contribution in [0.5, 0.6) is 0 Å². The molecule has 1 aromatic rings. The van der Waals surface area contributed by atoms with E-state index in [4.69, 9.17) is 0 Å². The monoisotopic (exact) mass is 265 g/mol. The largest absolute Gasteiger partial charge is 0.391 e. The molecule has 1 fully saturated rings. The van der Waals surface area contributed by atoms with Crippen LogP contribution >= 0.6 is 0 Å². The van der Waals surface area contributed by atoms with Gasteiger partial charge < -0.3 is 14.6 Å². The Kier molecular flexibility index (Phi) is 4.31. The summed E-state index contributed by atoms with van der Waals surface area (Å²) in [5.41, 5.74) is -0.0849. The number of hydrogen-bond acceptors (Lipinski definition) is 3. The van der Waals surface area contributed by atoms with Gasteiger partial charge in [-0.25, -0.2) is 4.98 Å². The van der Waals surface area contributed by atoms with Crippen LogP contribution in [-0.2, 0) is 13.5 Å². The summed E-state index contributed by atoms with van der Waals surface area (Å²) in [6.07, 6.45) is 8.58. The van der Waals surface area contributed by atoms with Crippen molar-refractivity contribution in [3.05, 3.63) is 18.2 Å². The van der Waals surface area contributed by atoms with Crippen molar-refractivity contribution in [2.24, 2.45) is 13.0 Å². The van der Waals surface area contributed by atoms with E-state index < -0.39 is 0 Å². The van der Waals surface area contributed by atoms with Crippen LogP contribution in [0, 0.1) is 5.92 Å². The molecule has 0 spiro atoms. The van der Waals surface area contributed by atoms with Gasteiger partial charge in [-0.3, -0.25) is 0 Å². The first-order chi connectivity index (χ1) is 8.95. The van der Waals surface area contributed by atoms with Gasteiger partial charge in [-0.1, -0.05) is 6.92 Å². The number of aliphatic hydroxyl groups is 1. The van der Waals surface area contributed by atoms with Gasteiger partial charge in [-0.15, -0.1) is 0 Å². The Balaban J connectivity index is 2.13. The Hall–Kier alpha value is -0.870. The molecule has 4 nitrogen and oxygen atoms in total. The lowest BCUT2D eigenvalue weighted by Gasteiger charge is -2.47. The molecule has 0 aromatic carbocycles. The lowest BCUT2D eigenvalue weighted by atomic mass is 9.72. The molecule has 1 aliphatic carbocycles. The second-order valence-electron chi connectivity index (χ2n) is 6.35. The normalized spacial score (nSPS) is 29.7. The summed E-state index contributed by atoms with van der Waals surface area (Å²) in [4.78, 5) is 6.57. The van der Waals surface area contributed by atoms with Crippen LogP contribution in [0.25, 0.3) is 0 Å². The number of aryl methyl sites for hydroxylation is 1. The topological polar surface area (TPSA) is 41.3 Å². The van der Waals surface area contributed by atoms with E-state index in [2.05, 4.69) is 30.9 Å². The van der Waals surface area contributed by atoms with Gasteiger partial charge in [0.25, 0.3) is 0 Å². The summed E-state index contributed by atoms with van der Waals surface area (Å²) in [7, 11) is 6.18. The van der Waals surface area contributed by atoms with Gasteiger partial charge in [0, 0.05) is 31.4 Å². The van der Waals surface area contributed by atoms with Gasteiger partial charge in [0.2, 0.25) is 0 Å². The highest BCUT2D eigenvalue weighted by atomic mass is 16.3. The Bertz CT molecular complexity index is 405. The van der Waals surface area contributed by atoms with Crippen molar-refractivity contribution in [1.29, 1.82) is 0 Å². The molecule has 0 saturated heterocycles. The first kappa shape index (κ1) is 14.5. The van der Waals surface area contributed by atoms with Crippen LogP contribution < -0.4 is 0 Å². The SMILES string of the molecule is CC1CCC(C(O)Cc2nccn2C)(N(C)C)CC1. The predicted octanol–water partition coefficient (Wildman–Crippen LogP) is 1.83.